The van der Waals surface area contributed by atoms with Gasteiger partial charge in [-0.3, -0.25) is 4.90 Å². The van der Waals surface area contributed by atoms with E-state index in [9.17, 15) is 17.6 Å². The van der Waals surface area contributed by atoms with Crippen molar-refractivity contribution in [3.63, 3.8) is 0 Å². The van der Waals surface area contributed by atoms with Gasteiger partial charge in [0.15, 0.2) is 23.3 Å². The van der Waals surface area contributed by atoms with Gasteiger partial charge >= 0.3 is 0 Å². The van der Waals surface area contributed by atoms with Gasteiger partial charge in [-0.15, -0.1) is 0 Å². The second kappa shape index (κ2) is 5.93. The summed E-state index contributed by atoms with van der Waals surface area (Å²) in [5.74, 6) is -5.30. The fourth-order valence-electron chi connectivity index (χ4n) is 2.94. The lowest BCUT2D eigenvalue weighted by Crippen LogP contribution is -2.48. The molecule has 1 aromatic carbocycles. The number of hydrogen-bond donors (Lipinski definition) is 1. The van der Waals surface area contributed by atoms with E-state index in [2.05, 4.69) is 5.32 Å². The van der Waals surface area contributed by atoms with Crippen molar-refractivity contribution in [2.75, 3.05) is 26.2 Å². The van der Waals surface area contributed by atoms with Gasteiger partial charge in [-0.1, -0.05) is 20.8 Å². The van der Waals surface area contributed by atoms with Crippen LogP contribution in [0.3, 0.4) is 0 Å². The Hall–Kier alpha value is -1.14. The maximum atomic E-state index is 14.2. The molecule has 0 spiro atoms. The monoisotopic (exact) mass is 304 g/mol. The van der Waals surface area contributed by atoms with Gasteiger partial charge in [0.1, 0.15) is 0 Å². The van der Waals surface area contributed by atoms with Crippen molar-refractivity contribution >= 4 is 0 Å². The van der Waals surface area contributed by atoms with Crippen molar-refractivity contribution in [2.24, 2.45) is 5.41 Å². The molecule has 0 aromatic heterocycles. The summed E-state index contributed by atoms with van der Waals surface area (Å²) in [5, 5.41) is 3.15. The molecule has 1 aliphatic heterocycles. The van der Waals surface area contributed by atoms with Gasteiger partial charge in [-0.25, -0.2) is 17.6 Å². The minimum Gasteiger partial charge on any atom is -0.314 e. The summed E-state index contributed by atoms with van der Waals surface area (Å²) in [6.07, 6.45) is 0. The van der Waals surface area contributed by atoms with E-state index in [1.54, 1.807) is 20.8 Å². The molecule has 0 saturated carbocycles. The fourth-order valence-corrected chi connectivity index (χ4v) is 2.94. The SMILES string of the molecule is CC(C)(C)[C@H](c1c(F)c(F)cc(F)c1F)N1CCNCC1. The summed E-state index contributed by atoms with van der Waals surface area (Å²) in [4.78, 5) is 1.87. The minimum atomic E-state index is -1.35. The Morgan fingerprint density at radius 1 is 1.00 bits per heavy atom. The molecule has 118 valence electrons. The molecule has 6 heteroatoms. The van der Waals surface area contributed by atoms with E-state index in [0.717, 1.165) is 0 Å². The molecule has 1 aromatic rings. The predicted octanol–water partition coefficient (Wildman–Crippen LogP) is 3.24. The molecular weight excluding hydrogens is 284 g/mol. The second-order valence-electron chi connectivity index (χ2n) is 6.44. The van der Waals surface area contributed by atoms with Crippen molar-refractivity contribution < 1.29 is 17.6 Å². The lowest BCUT2D eigenvalue weighted by atomic mass is 9.80. The van der Waals surface area contributed by atoms with Crippen LogP contribution in [0, 0.1) is 28.7 Å². The first kappa shape index (κ1) is 16.2. The van der Waals surface area contributed by atoms with E-state index in [0.29, 0.717) is 26.2 Å². The normalized spacial score (nSPS) is 18.8. The zero-order valence-electron chi connectivity index (χ0n) is 12.4. The first-order valence-electron chi connectivity index (χ1n) is 7.01. The molecule has 1 saturated heterocycles. The van der Waals surface area contributed by atoms with Crippen LogP contribution in [0.15, 0.2) is 6.07 Å². The molecule has 0 aliphatic carbocycles. The van der Waals surface area contributed by atoms with E-state index in [1.165, 1.54) is 0 Å². The molecule has 21 heavy (non-hydrogen) atoms. The van der Waals surface area contributed by atoms with Gasteiger partial charge in [0.05, 0.1) is 0 Å². The third kappa shape index (κ3) is 3.21. The second-order valence-corrected chi connectivity index (χ2v) is 6.44. The summed E-state index contributed by atoms with van der Waals surface area (Å²) in [5.41, 5.74) is -1.08. The van der Waals surface area contributed by atoms with Crippen LogP contribution in [0.1, 0.15) is 32.4 Å². The number of nitrogens with zero attached hydrogens (tertiary/aromatic N) is 1. The van der Waals surface area contributed by atoms with Gasteiger partial charge in [0, 0.05) is 43.9 Å². The molecule has 1 aliphatic rings. The fraction of sp³-hybridized carbons (Fsp3) is 0.600. The van der Waals surface area contributed by atoms with Crippen LogP contribution in [-0.2, 0) is 0 Å². The van der Waals surface area contributed by atoms with Crippen LogP contribution in [0.4, 0.5) is 17.6 Å². The molecule has 0 bridgehead atoms. The van der Waals surface area contributed by atoms with Crippen molar-refractivity contribution in [2.45, 2.75) is 26.8 Å². The Morgan fingerprint density at radius 3 is 1.90 bits per heavy atom. The Balaban J connectivity index is 2.56. The molecule has 0 radical (unpaired) electrons. The molecule has 1 atom stereocenters. The Bertz CT molecular complexity index is 493. The van der Waals surface area contributed by atoms with E-state index < -0.39 is 40.3 Å². The Kier molecular flexibility index (Phi) is 4.58. The van der Waals surface area contributed by atoms with Gasteiger partial charge < -0.3 is 5.32 Å². The number of hydrogen-bond acceptors (Lipinski definition) is 2. The van der Waals surface area contributed by atoms with Crippen LogP contribution in [0.25, 0.3) is 0 Å². The lowest BCUT2D eigenvalue weighted by molar-refractivity contribution is 0.0791. The minimum absolute atomic E-state index is 0.256. The Labute approximate surface area is 122 Å². The Morgan fingerprint density at radius 2 is 1.48 bits per heavy atom. The highest BCUT2D eigenvalue weighted by Crippen LogP contribution is 2.41. The molecule has 0 amide bonds. The maximum absolute atomic E-state index is 14.2. The average molecular weight is 304 g/mol. The van der Waals surface area contributed by atoms with Crippen LogP contribution < -0.4 is 5.32 Å². The largest absolute Gasteiger partial charge is 0.314 e. The highest BCUT2D eigenvalue weighted by molar-refractivity contribution is 5.27. The molecule has 1 fully saturated rings. The first-order valence-corrected chi connectivity index (χ1v) is 7.01. The molecule has 2 rings (SSSR count). The van der Waals surface area contributed by atoms with Gasteiger partial charge in [0.25, 0.3) is 0 Å². The third-order valence-electron chi connectivity index (χ3n) is 3.76. The number of nitrogens with one attached hydrogen (secondary N) is 1. The quantitative estimate of drug-likeness (QED) is 0.666. The number of halogens is 4. The smallest absolute Gasteiger partial charge is 0.166 e. The summed E-state index contributed by atoms with van der Waals surface area (Å²) in [6.45, 7) is 7.91. The highest BCUT2D eigenvalue weighted by Gasteiger charge is 2.38. The number of piperazine rings is 1. The predicted molar refractivity (Wildman–Crippen MR) is 72.9 cm³/mol. The van der Waals surface area contributed by atoms with Crippen LogP contribution in [-0.4, -0.2) is 31.1 Å². The molecule has 1 N–H and O–H groups in total. The van der Waals surface area contributed by atoms with E-state index >= 15 is 0 Å². The summed E-state index contributed by atoms with van der Waals surface area (Å²) in [6, 6.07) is -0.476. The molecular formula is C15H20F4N2. The van der Waals surface area contributed by atoms with Gasteiger partial charge in [-0.05, 0) is 5.41 Å². The lowest BCUT2D eigenvalue weighted by Gasteiger charge is -2.42. The summed E-state index contributed by atoms with van der Waals surface area (Å²) in [7, 11) is 0. The summed E-state index contributed by atoms with van der Waals surface area (Å²) >= 11 is 0. The van der Waals surface area contributed by atoms with E-state index in [-0.39, 0.29) is 6.07 Å². The van der Waals surface area contributed by atoms with Crippen molar-refractivity contribution in [1.82, 2.24) is 10.2 Å². The van der Waals surface area contributed by atoms with Crippen molar-refractivity contribution in [1.29, 1.82) is 0 Å². The van der Waals surface area contributed by atoms with Gasteiger partial charge in [0.2, 0.25) is 0 Å². The van der Waals surface area contributed by atoms with Crippen molar-refractivity contribution in [3.05, 3.63) is 34.9 Å². The van der Waals surface area contributed by atoms with Crippen LogP contribution in [0.2, 0.25) is 0 Å². The first-order chi connectivity index (χ1) is 9.73. The third-order valence-corrected chi connectivity index (χ3v) is 3.76. The highest BCUT2D eigenvalue weighted by atomic mass is 19.2. The van der Waals surface area contributed by atoms with Crippen LogP contribution >= 0.6 is 0 Å². The summed E-state index contributed by atoms with van der Waals surface area (Å²) < 4.78 is 55.4. The van der Waals surface area contributed by atoms with E-state index in [1.807, 2.05) is 4.90 Å². The topological polar surface area (TPSA) is 15.3 Å². The maximum Gasteiger partial charge on any atom is 0.166 e. The zero-order valence-corrected chi connectivity index (χ0v) is 12.4. The van der Waals surface area contributed by atoms with Gasteiger partial charge in [-0.2, -0.15) is 0 Å². The average Bonchev–Trinajstić information content (AvgIpc) is 2.41. The number of rotatable bonds is 2. The molecule has 1 heterocycles. The van der Waals surface area contributed by atoms with E-state index in [4.69, 9.17) is 0 Å². The molecule has 2 nitrogen and oxygen atoms in total. The molecule has 0 unspecified atom stereocenters. The van der Waals surface area contributed by atoms with Crippen molar-refractivity contribution in [3.8, 4) is 0 Å². The zero-order chi connectivity index (χ0) is 15.8. The number of benzene rings is 1. The standard InChI is InChI=1S/C15H20F4N2/c1-15(2,3)14(21-6-4-20-5-7-21)11-12(18)9(16)8-10(17)13(11)19/h8,14,20H,4-7H2,1-3H3/t14-/m0/s1. The van der Waals surface area contributed by atoms with Crippen LogP contribution in [0.5, 0.6) is 0 Å².